The molecule has 0 aliphatic heterocycles. The Morgan fingerprint density at radius 3 is 1.84 bits per heavy atom. The van der Waals surface area contributed by atoms with E-state index in [-0.39, 0.29) is 11.6 Å². The number of nitrogens with zero attached hydrogens (tertiary/aromatic N) is 3. The zero-order valence-corrected chi connectivity index (χ0v) is 17.8. The number of hydrogen-bond acceptors (Lipinski definition) is 6. The summed E-state index contributed by atoms with van der Waals surface area (Å²) >= 11 is 0. The third-order valence-corrected chi connectivity index (χ3v) is 4.72. The summed E-state index contributed by atoms with van der Waals surface area (Å²) in [6.07, 6.45) is 0.322. The average Bonchev–Trinajstić information content (AvgIpc) is 3.12. The molecule has 0 saturated heterocycles. The van der Waals surface area contributed by atoms with Gasteiger partial charge >= 0.3 is 0 Å². The summed E-state index contributed by atoms with van der Waals surface area (Å²) in [5.41, 5.74) is 9.62. The number of ketones is 2. The molecule has 31 heavy (non-hydrogen) atoms. The monoisotopic (exact) mass is 415 g/mol. The van der Waals surface area contributed by atoms with Gasteiger partial charge in [-0.25, -0.2) is 0 Å². The van der Waals surface area contributed by atoms with Crippen molar-refractivity contribution in [2.45, 2.75) is 20.3 Å². The molecule has 1 aromatic heterocycles. The summed E-state index contributed by atoms with van der Waals surface area (Å²) in [5, 5.41) is 8.60. The van der Waals surface area contributed by atoms with E-state index in [0.717, 1.165) is 17.1 Å². The number of hydrogen-bond donors (Lipinski definition) is 2. The van der Waals surface area contributed by atoms with E-state index >= 15 is 0 Å². The normalized spacial score (nSPS) is 11.8. The van der Waals surface area contributed by atoms with Crippen molar-refractivity contribution in [3.8, 4) is 0 Å². The molecule has 3 rings (SSSR count). The average molecular weight is 415 g/mol. The number of nitrogens with one attached hydrogen (secondary N) is 2. The van der Waals surface area contributed by atoms with Gasteiger partial charge in [0.15, 0.2) is 11.6 Å². The van der Waals surface area contributed by atoms with Crippen molar-refractivity contribution in [2.24, 2.45) is 17.3 Å². The van der Waals surface area contributed by atoms with Gasteiger partial charge in [-0.05, 0) is 36.4 Å². The lowest BCUT2D eigenvalue weighted by atomic mass is 10.1. The highest BCUT2D eigenvalue weighted by molar-refractivity contribution is 6.45. The lowest BCUT2D eigenvalue weighted by Gasteiger charge is -2.10. The number of benzene rings is 2. The second-order valence-electron chi connectivity index (χ2n) is 7.03. The second-order valence-corrected chi connectivity index (χ2v) is 7.03. The van der Waals surface area contributed by atoms with Gasteiger partial charge in [0, 0.05) is 33.0 Å². The standard InChI is InChI=1S/C24H25N5O2/c1-17(30)22(27-25-19-10-6-4-7-11-19)16-21-14-15-23(29(21)3)24(18(2)31)28-26-20-12-8-5-9-13-20/h4-15,25-26H,16H2,1-3H3/b27-22-,28-24+. The summed E-state index contributed by atoms with van der Waals surface area (Å²) in [4.78, 5) is 24.4. The largest absolute Gasteiger partial charge is 0.346 e. The Kier molecular flexibility index (Phi) is 7.11. The lowest BCUT2D eigenvalue weighted by molar-refractivity contribution is -0.111. The SMILES string of the molecule is CC(=O)/C(Cc1ccc(/C(=N/Nc2ccccc2)C(C)=O)n1C)=N\Nc1ccccc1. The van der Waals surface area contributed by atoms with Crippen molar-refractivity contribution in [3.05, 3.63) is 84.2 Å². The first-order valence-corrected chi connectivity index (χ1v) is 9.89. The first-order valence-electron chi connectivity index (χ1n) is 9.89. The number of Topliss-reactive ketones (excluding diaryl/α,β-unsaturated/α-hetero) is 2. The number of anilines is 2. The van der Waals surface area contributed by atoms with Gasteiger partial charge in [-0.1, -0.05) is 36.4 Å². The van der Waals surface area contributed by atoms with Gasteiger partial charge in [0.2, 0.25) is 0 Å². The molecule has 0 spiro atoms. The molecule has 0 radical (unpaired) electrons. The van der Waals surface area contributed by atoms with Crippen molar-refractivity contribution in [1.82, 2.24) is 4.57 Å². The smallest absolute Gasteiger partial charge is 0.182 e. The molecule has 0 aliphatic rings. The summed E-state index contributed by atoms with van der Waals surface area (Å²) in [7, 11) is 1.84. The maximum atomic E-state index is 12.2. The molecule has 158 valence electrons. The number of carbonyl (C=O) groups excluding carboxylic acids is 2. The van der Waals surface area contributed by atoms with Crippen LogP contribution >= 0.6 is 0 Å². The van der Waals surface area contributed by atoms with Gasteiger partial charge in [-0.3, -0.25) is 20.4 Å². The van der Waals surface area contributed by atoms with E-state index in [1.807, 2.05) is 84.4 Å². The maximum Gasteiger partial charge on any atom is 0.182 e. The molecule has 1 heterocycles. The Hall–Kier alpha value is -4.00. The summed E-state index contributed by atoms with van der Waals surface area (Å²) < 4.78 is 1.86. The lowest BCUT2D eigenvalue weighted by Crippen LogP contribution is -2.20. The topological polar surface area (TPSA) is 87.8 Å². The van der Waals surface area contributed by atoms with E-state index < -0.39 is 0 Å². The molecular formula is C24H25N5O2. The van der Waals surface area contributed by atoms with E-state index in [1.54, 1.807) is 0 Å². The fourth-order valence-corrected chi connectivity index (χ4v) is 2.98. The van der Waals surface area contributed by atoms with Gasteiger partial charge < -0.3 is 4.57 Å². The van der Waals surface area contributed by atoms with Gasteiger partial charge in [0.25, 0.3) is 0 Å². The Labute approximate surface area is 181 Å². The minimum Gasteiger partial charge on any atom is -0.346 e. The highest BCUT2D eigenvalue weighted by Gasteiger charge is 2.17. The third kappa shape index (κ3) is 5.76. The molecule has 0 unspecified atom stereocenters. The predicted octanol–water partition coefficient (Wildman–Crippen LogP) is 4.03. The van der Waals surface area contributed by atoms with Crippen LogP contribution in [0.15, 0.2) is 83.0 Å². The minimum atomic E-state index is -0.164. The summed E-state index contributed by atoms with van der Waals surface area (Å²) in [6, 6.07) is 22.5. The van der Waals surface area contributed by atoms with Crippen molar-refractivity contribution >= 4 is 34.4 Å². The van der Waals surface area contributed by atoms with Crippen LogP contribution in [0.1, 0.15) is 25.2 Å². The fourth-order valence-electron chi connectivity index (χ4n) is 2.98. The highest BCUT2D eigenvalue weighted by Crippen LogP contribution is 2.13. The van der Waals surface area contributed by atoms with Crippen LogP contribution in [-0.4, -0.2) is 27.6 Å². The first kappa shape index (κ1) is 21.7. The molecule has 2 aromatic carbocycles. The molecule has 0 amide bonds. The molecule has 7 nitrogen and oxygen atoms in total. The number of carbonyl (C=O) groups is 2. The Balaban J connectivity index is 1.82. The van der Waals surface area contributed by atoms with Gasteiger partial charge in [-0.15, -0.1) is 0 Å². The Morgan fingerprint density at radius 2 is 1.32 bits per heavy atom. The van der Waals surface area contributed by atoms with Crippen molar-refractivity contribution in [1.29, 1.82) is 0 Å². The maximum absolute atomic E-state index is 12.2. The number of aromatic nitrogens is 1. The van der Waals surface area contributed by atoms with Gasteiger partial charge in [0.05, 0.1) is 17.1 Å². The fraction of sp³-hybridized carbons (Fsp3) is 0.167. The zero-order chi connectivity index (χ0) is 22.2. The van der Waals surface area contributed by atoms with Crippen LogP contribution in [0.5, 0.6) is 0 Å². The van der Waals surface area contributed by atoms with Crippen molar-refractivity contribution in [3.63, 3.8) is 0 Å². The third-order valence-electron chi connectivity index (χ3n) is 4.72. The molecule has 0 bridgehead atoms. The van der Waals surface area contributed by atoms with E-state index in [9.17, 15) is 9.59 Å². The number of rotatable bonds is 9. The Bertz CT molecular complexity index is 1120. The van der Waals surface area contributed by atoms with Crippen LogP contribution < -0.4 is 10.9 Å². The van der Waals surface area contributed by atoms with Crippen LogP contribution in [0.25, 0.3) is 0 Å². The summed E-state index contributed by atoms with van der Waals surface area (Å²) in [5.74, 6) is -0.292. The van der Waals surface area contributed by atoms with Crippen LogP contribution in [0.3, 0.4) is 0 Å². The second kappa shape index (κ2) is 10.2. The first-order chi connectivity index (χ1) is 15.0. The van der Waals surface area contributed by atoms with Crippen molar-refractivity contribution in [2.75, 3.05) is 10.9 Å². The molecule has 7 heteroatoms. The minimum absolute atomic E-state index is 0.127. The van der Waals surface area contributed by atoms with E-state index in [2.05, 4.69) is 21.1 Å². The van der Waals surface area contributed by atoms with Crippen LogP contribution in [0, 0.1) is 0 Å². The number of hydrazone groups is 2. The quantitative estimate of drug-likeness (QED) is 0.408. The van der Waals surface area contributed by atoms with Gasteiger partial charge in [0.1, 0.15) is 11.4 Å². The van der Waals surface area contributed by atoms with E-state index in [0.29, 0.717) is 23.5 Å². The molecule has 0 atom stereocenters. The zero-order valence-electron chi connectivity index (χ0n) is 17.8. The highest BCUT2D eigenvalue weighted by atomic mass is 16.1. The summed E-state index contributed by atoms with van der Waals surface area (Å²) in [6.45, 7) is 2.96. The number of para-hydroxylation sites is 2. The van der Waals surface area contributed by atoms with E-state index in [1.165, 1.54) is 13.8 Å². The molecule has 2 N–H and O–H groups in total. The van der Waals surface area contributed by atoms with Gasteiger partial charge in [-0.2, -0.15) is 10.2 Å². The Morgan fingerprint density at radius 1 is 0.774 bits per heavy atom. The van der Waals surface area contributed by atoms with Crippen LogP contribution in [0.2, 0.25) is 0 Å². The van der Waals surface area contributed by atoms with Crippen LogP contribution in [-0.2, 0) is 23.1 Å². The molecule has 3 aromatic rings. The van der Waals surface area contributed by atoms with Crippen molar-refractivity contribution < 1.29 is 9.59 Å². The van der Waals surface area contributed by atoms with E-state index in [4.69, 9.17) is 0 Å². The van der Waals surface area contributed by atoms with Crippen LogP contribution in [0.4, 0.5) is 11.4 Å². The molecule has 0 fully saturated rings. The molecule has 0 saturated carbocycles. The molecular weight excluding hydrogens is 390 g/mol. The molecule has 0 aliphatic carbocycles. The predicted molar refractivity (Wildman–Crippen MR) is 125 cm³/mol.